The topological polar surface area (TPSA) is 15.7 Å². The van der Waals surface area contributed by atoms with E-state index < -0.39 is 0 Å². The number of hydrogen-bond acceptors (Lipinski definition) is 3. The second-order valence-corrected chi connectivity index (χ2v) is 7.65. The van der Waals surface area contributed by atoms with Crippen LogP contribution < -0.4 is 0 Å². The summed E-state index contributed by atoms with van der Waals surface area (Å²) in [5, 5.41) is 0. The first-order valence-corrected chi connectivity index (χ1v) is 10.4. The zero-order valence-electron chi connectivity index (χ0n) is 16.7. The molecule has 1 aliphatic heterocycles. The van der Waals surface area contributed by atoms with Gasteiger partial charge >= 0.3 is 0 Å². The normalized spacial score (nSPS) is 17.1. The number of likely N-dealkylation sites (N-methyl/N-ethyl adjacent to an activating group) is 1. The zero-order chi connectivity index (χ0) is 18.7. The molecule has 27 heavy (non-hydrogen) atoms. The molecule has 0 spiro atoms. The molecule has 0 saturated carbocycles. The Morgan fingerprint density at radius 3 is 2.22 bits per heavy atom. The van der Waals surface area contributed by atoms with E-state index >= 15 is 0 Å². The lowest BCUT2D eigenvalue weighted by molar-refractivity contribution is 0.0365. The van der Waals surface area contributed by atoms with Crippen LogP contribution in [0.3, 0.4) is 0 Å². The summed E-state index contributed by atoms with van der Waals surface area (Å²) in [5.74, 6) is 0. The highest BCUT2D eigenvalue weighted by atomic mass is 16.5. The van der Waals surface area contributed by atoms with Crippen LogP contribution in [0, 0.1) is 0 Å². The fourth-order valence-electron chi connectivity index (χ4n) is 3.74. The number of rotatable bonds is 10. The molecule has 1 fully saturated rings. The third kappa shape index (κ3) is 7.10. The van der Waals surface area contributed by atoms with E-state index in [2.05, 4.69) is 77.5 Å². The van der Waals surface area contributed by atoms with E-state index in [-0.39, 0.29) is 6.10 Å². The number of piperazine rings is 1. The van der Waals surface area contributed by atoms with Crippen LogP contribution in [0.4, 0.5) is 0 Å². The molecule has 3 nitrogen and oxygen atoms in total. The average Bonchev–Trinajstić information content (AvgIpc) is 2.72. The lowest BCUT2D eigenvalue weighted by atomic mass is 10.0. The molecule has 0 bridgehead atoms. The predicted octanol–water partition coefficient (Wildman–Crippen LogP) is 4.40. The first-order chi connectivity index (χ1) is 13.3. The van der Waals surface area contributed by atoms with Crippen molar-refractivity contribution in [3.63, 3.8) is 0 Å². The Kier molecular flexibility index (Phi) is 8.34. The third-order valence-corrected chi connectivity index (χ3v) is 5.48. The summed E-state index contributed by atoms with van der Waals surface area (Å²) in [7, 11) is 2.21. The molecule has 1 atom stereocenters. The maximum absolute atomic E-state index is 6.34. The van der Waals surface area contributed by atoms with Crippen molar-refractivity contribution in [2.75, 3.05) is 46.4 Å². The van der Waals surface area contributed by atoms with Gasteiger partial charge in [-0.05, 0) is 43.9 Å². The highest BCUT2D eigenvalue weighted by molar-refractivity contribution is 5.18. The fraction of sp³-hybridized carbons (Fsp3) is 0.500. The Balaban J connectivity index is 1.42. The zero-order valence-corrected chi connectivity index (χ0v) is 16.7. The summed E-state index contributed by atoms with van der Waals surface area (Å²) in [6.45, 7) is 6.75. The second-order valence-electron chi connectivity index (χ2n) is 7.65. The quantitative estimate of drug-likeness (QED) is 0.580. The molecule has 0 aliphatic carbocycles. The van der Waals surface area contributed by atoms with Gasteiger partial charge in [-0.3, -0.25) is 0 Å². The number of ether oxygens (including phenoxy) is 1. The van der Waals surface area contributed by atoms with Gasteiger partial charge in [0.15, 0.2) is 0 Å². The van der Waals surface area contributed by atoms with Crippen LogP contribution >= 0.6 is 0 Å². The number of nitrogens with zero attached hydrogens (tertiary/aromatic N) is 2. The van der Waals surface area contributed by atoms with E-state index in [0.29, 0.717) is 0 Å². The van der Waals surface area contributed by atoms with E-state index in [4.69, 9.17) is 4.74 Å². The first kappa shape index (κ1) is 20.1. The van der Waals surface area contributed by atoms with E-state index in [1.807, 2.05) is 0 Å². The molecule has 2 aromatic rings. The SMILES string of the molecule is CN1CCN(CCCOC(CCCc2ccccc2)c2ccccc2)CC1. The van der Waals surface area contributed by atoms with Gasteiger partial charge in [0, 0.05) is 39.3 Å². The largest absolute Gasteiger partial charge is 0.373 e. The van der Waals surface area contributed by atoms with Crippen molar-refractivity contribution in [3.8, 4) is 0 Å². The maximum Gasteiger partial charge on any atom is 0.0825 e. The van der Waals surface area contributed by atoms with Gasteiger partial charge < -0.3 is 14.5 Å². The van der Waals surface area contributed by atoms with Crippen LogP contribution in [0.25, 0.3) is 0 Å². The van der Waals surface area contributed by atoms with Crippen molar-refractivity contribution in [2.45, 2.75) is 31.8 Å². The van der Waals surface area contributed by atoms with Gasteiger partial charge in [0.05, 0.1) is 6.10 Å². The Bertz CT molecular complexity index is 623. The standard InChI is InChI=1S/C24H34N2O/c1-25-17-19-26(20-18-25)16-9-21-27-24(23-13-6-3-7-14-23)15-8-12-22-10-4-2-5-11-22/h2-7,10-11,13-14,24H,8-9,12,15-21H2,1H3. The first-order valence-electron chi connectivity index (χ1n) is 10.4. The monoisotopic (exact) mass is 366 g/mol. The third-order valence-electron chi connectivity index (χ3n) is 5.48. The van der Waals surface area contributed by atoms with Crippen molar-refractivity contribution in [1.29, 1.82) is 0 Å². The Hall–Kier alpha value is -1.68. The van der Waals surface area contributed by atoms with Gasteiger partial charge in [0.25, 0.3) is 0 Å². The number of aryl methyl sites for hydroxylation is 1. The van der Waals surface area contributed by atoms with Crippen LogP contribution in [0.1, 0.15) is 36.5 Å². The maximum atomic E-state index is 6.34. The Morgan fingerprint density at radius 2 is 1.52 bits per heavy atom. The highest BCUT2D eigenvalue weighted by Gasteiger charge is 2.15. The highest BCUT2D eigenvalue weighted by Crippen LogP contribution is 2.24. The van der Waals surface area contributed by atoms with Gasteiger partial charge in [-0.15, -0.1) is 0 Å². The molecule has 3 heteroatoms. The molecule has 0 aromatic heterocycles. The predicted molar refractivity (Wildman–Crippen MR) is 113 cm³/mol. The molecular weight excluding hydrogens is 332 g/mol. The van der Waals surface area contributed by atoms with Gasteiger partial charge in [0.1, 0.15) is 0 Å². The summed E-state index contributed by atoms with van der Waals surface area (Å²) in [6, 6.07) is 21.5. The smallest absolute Gasteiger partial charge is 0.0825 e. The summed E-state index contributed by atoms with van der Waals surface area (Å²) in [5.41, 5.74) is 2.73. The molecule has 1 saturated heterocycles. The molecule has 1 heterocycles. The van der Waals surface area contributed by atoms with Crippen LogP contribution in [-0.2, 0) is 11.2 Å². The number of hydrogen-bond donors (Lipinski definition) is 0. The second kappa shape index (κ2) is 11.2. The van der Waals surface area contributed by atoms with Crippen molar-refractivity contribution < 1.29 is 4.74 Å². The molecule has 0 radical (unpaired) electrons. The van der Waals surface area contributed by atoms with Gasteiger partial charge in [-0.1, -0.05) is 60.7 Å². The molecule has 0 N–H and O–H groups in total. The molecule has 2 aromatic carbocycles. The van der Waals surface area contributed by atoms with Gasteiger partial charge in [0.2, 0.25) is 0 Å². The lowest BCUT2D eigenvalue weighted by Crippen LogP contribution is -2.44. The molecule has 1 unspecified atom stereocenters. The lowest BCUT2D eigenvalue weighted by Gasteiger charge is -2.32. The van der Waals surface area contributed by atoms with Crippen molar-refractivity contribution in [2.24, 2.45) is 0 Å². The summed E-state index contributed by atoms with van der Waals surface area (Å²) in [6.07, 6.45) is 4.68. The van der Waals surface area contributed by atoms with E-state index in [9.17, 15) is 0 Å². The molecule has 146 valence electrons. The van der Waals surface area contributed by atoms with Crippen LogP contribution in [0.5, 0.6) is 0 Å². The Labute approximate surface area is 164 Å². The van der Waals surface area contributed by atoms with Crippen molar-refractivity contribution >= 4 is 0 Å². The molecular formula is C24H34N2O. The van der Waals surface area contributed by atoms with Crippen molar-refractivity contribution in [3.05, 3.63) is 71.8 Å². The molecule has 1 aliphatic rings. The van der Waals surface area contributed by atoms with Gasteiger partial charge in [-0.2, -0.15) is 0 Å². The summed E-state index contributed by atoms with van der Waals surface area (Å²) >= 11 is 0. The van der Waals surface area contributed by atoms with E-state index in [1.54, 1.807) is 0 Å². The fourth-order valence-corrected chi connectivity index (χ4v) is 3.74. The molecule has 3 rings (SSSR count). The minimum absolute atomic E-state index is 0.211. The Morgan fingerprint density at radius 1 is 0.852 bits per heavy atom. The van der Waals surface area contributed by atoms with Crippen molar-refractivity contribution in [1.82, 2.24) is 9.80 Å². The van der Waals surface area contributed by atoms with E-state index in [1.165, 1.54) is 37.3 Å². The van der Waals surface area contributed by atoms with Crippen LogP contribution in [0.15, 0.2) is 60.7 Å². The molecule has 0 amide bonds. The summed E-state index contributed by atoms with van der Waals surface area (Å²) in [4.78, 5) is 4.97. The van der Waals surface area contributed by atoms with E-state index in [0.717, 1.165) is 38.8 Å². The van der Waals surface area contributed by atoms with Gasteiger partial charge in [-0.25, -0.2) is 0 Å². The minimum Gasteiger partial charge on any atom is -0.373 e. The average molecular weight is 367 g/mol. The van der Waals surface area contributed by atoms with Crippen LogP contribution in [0.2, 0.25) is 0 Å². The summed E-state index contributed by atoms with van der Waals surface area (Å²) < 4.78 is 6.34. The number of benzene rings is 2. The minimum atomic E-state index is 0.211. The van der Waals surface area contributed by atoms with Crippen LogP contribution in [-0.4, -0.2) is 56.2 Å².